The zero-order valence-corrected chi connectivity index (χ0v) is 13.3. The highest BCUT2D eigenvalue weighted by Crippen LogP contribution is 2.28. The van der Waals surface area contributed by atoms with Crippen LogP contribution in [-0.4, -0.2) is 30.7 Å². The van der Waals surface area contributed by atoms with E-state index < -0.39 is 0 Å². The lowest BCUT2D eigenvalue weighted by molar-refractivity contribution is -0.121. The fraction of sp³-hybridized carbons (Fsp3) is 0.562. The molecule has 1 rings (SSSR count). The number of carbonyl (C=O) groups is 1. The molecular weight excluding hydrogens is 268 g/mol. The third-order valence-corrected chi connectivity index (χ3v) is 3.53. The van der Waals surface area contributed by atoms with Gasteiger partial charge in [-0.15, -0.1) is 0 Å². The molecule has 0 radical (unpaired) electrons. The maximum Gasteiger partial charge on any atom is 0.221 e. The zero-order chi connectivity index (χ0) is 15.8. The van der Waals surface area contributed by atoms with Crippen molar-refractivity contribution in [2.75, 3.05) is 13.7 Å². The van der Waals surface area contributed by atoms with Gasteiger partial charge in [0.25, 0.3) is 0 Å². The summed E-state index contributed by atoms with van der Waals surface area (Å²) in [5.74, 6) is 0.859. The first-order chi connectivity index (χ1) is 9.97. The van der Waals surface area contributed by atoms with Crippen LogP contribution in [0.5, 0.6) is 11.5 Å². The Balaban J connectivity index is 2.43. The van der Waals surface area contributed by atoms with Gasteiger partial charge in [0.1, 0.15) is 11.5 Å². The van der Waals surface area contributed by atoms with Gasteiger partial charge < -0.3 is 20.5 Å². The minimum absolute atomic E-state index is 0.0349. The first-order valence-electron chi connectivity index (χ1n) is 7.37. The molecule has 0 spiro atoms. The van der Waals surface area contributed by atoms with Crippen LogP contribution in [0.1, 0.15) is 45.2 Å². The van der Waals surface area contributed by atoms with E-state index in [2.05, 4.69) is 10.6 Å². The van der Waals surface area contributed by atoms with Crippen LogP contribution in [0.2, 0.25) is 0 Å². The Morgan fingerprint density at radius 3 is 2.67 bits per heavy atom. The second-order valence-electron chi connectivity index (χ2n) is 5.23. The predicted octanol–water partition coefficient (Wildman–Crippen LogP) is 2.36. The Bertz CT molecular complexity index is 463. The molecule has 1 aromatic carbocycles. The molecule has 5 heteroatoms. The largest absolute Gasteiger partial charge is 0.507 e. The molecule has 0 aliphatic rings. The highest BCUT2D eigenvalue weighted by Gasteiger charge is 2.12. The van der Waals surface area contributed by atoms with E-state index in [4.69, 9.17) is 4.74 Å². The van der Waals surface area contributed by atoms with Crippen LogP contribution in [0.25, 0.3) is 0 Å². The van der Waals surface area contributed by atoms with E-state index in [1.165, 1.54) is 0 Å². The molecule has 0 bridgehead atoms. The lowest BCUT2D eigenvalue weighted by Crippen LogP contribution is -2.34. The van der Waals surface area contributed by atoms with E-state index in [1.807, 2.05) is 32.9 Å². The molecule has 0 heterocycles. The Morgan fingerprint density at radius 2 is 2.10 bits per heavy atom. The normalized spacial score (nSPS) is 13.5. The van der Waals surface area contributed by atoms with Gasteiger partial charge in [-0.3, -0.25) is 4.79 Å². The summed E-state index contributed by atoms with van der Waals surface area (Å²) >= 11 is 0. The Hall–Kier alpha value is -1.75. The molecule has 21 heavy (non-hydrogen) atoms. The molecule has 3 N–H and O–H groups in total. The maximum atomic E-state index is 11.7. The number of aromatic hydroxyl groups is 1. The van der Waals surface area contributed by atoms with E-state index >= 15 is 0 Å². The Labute approximate surface area is 126 Å². The van der Waals surface area contributed by atoms with E-state index in [0.717, 1.165) is 12.0 Å². The molecule has 2 atom stereocenters. The average Bonchev–Trinajstić information content (AvgIpc) is 2.46. The number of carbonyl (C=O) groups excluding carboxylic acids is 1. The van der Waals surface area contributed by atoms with Crippen molar-refractivity contribution in [2.45, 2.75) is 45.7 Å². The molecule has 118 valence electrons. The number of amides is 1. The van der Waals surface area contributed by atoms with Crippen molar-refractivity contribution in [3.8, 4) is 11.5 Å². The minimum atomic E-state index is -0.0349. The van der Waals surface area contributed by atoms with Crippen molar-refractivity contribution in [1.29, 1.82) is 0 Å². The molecule has 1 aromatic rings. The van der Waals surface area contributed by atoms with E-state index in [1.54, 1.807) is 13.2 Å². The van der Waals surface area contributed by atoms with Gasteiger partial charge in [0, 0.05) is 36.7 Å². The van der Waals surface area contributed by atoms with Gasteiger partial charge in [0.05, 0.1) is 7.11 Å². The van der Waals surface area contributed by atoms with Gasteiger partial charge in [-0.1, -0.05) is 13.0 Å². The molecule has 0 fully saturated rings. The van der Waals surface area contributed by atoms with Gasteiger partial charge >= 0.3 is 0 Å². The first kappa shape index (κ1) is 17.3. The third kappa shape index (κ3) is 5.63. The van der Waals surface area contributed by atoms with Gasteiger partial charge in [0.2, 0.25) is 5.91 Å². The first-order valence-corrected chi connectivity index (χ1v) is 7.37. The van der Waals surface area contributed by atoms with Crippen molar-refractivity contribution in [2.24, 2.45) is 0 Å². The smallest absolute Gasteiger partial charge is 0.221 e. The fourth-order valence-electron chi connectivity index (χ4n) is 1.98. The van der Waals surface area contributed by atoms with Crippen LogP contribution in [-0.2, 0) is 4.79 Å². The quantitative estimate of drug-likeness (QED) is 0.688. The van der Waals surface area contributed by atoms with Crippen molar-refractivity contribution in [3.05, 3.63) is 23.8 Å². The van der Waals surface area contributed by atoms with Crippen LogP contribution < -0.4 is 15.4 Å². The summed E-state index contributed by atoms with van der Waals surface area (Å²) in [6.07, 6.45) is 1.35. The number of hydrogen-bond donors (Lipinski definition) is 3. The molecule has 0 aromatic heterocycles. The van der Waals surface area contributed by atoms with Crippen molar-refractivity contribution in [3.63, 3.8) is 0 Å². The molecule has 0 saturated heterocycles. The molecule has 5 nitrogen and oxygen atoms in total. The summed E-state index contributed by atoms with van der Waals surface area (Å²) in [7, 11) is 1.56. The van der Waals surface area contributed by atoms with Gasteiger partial charge in [-0.2, -0.15) is 0 Å². The molecule has 0 aliphatic heterocycles. The fourth-order valence-corrected chi connectivity index (χ4v) is 1.98. The lowest BCUT2D eigenvalue weighted by atomic mass is 10.1. The third-order valence-electron chi connectivity index (χ3n) is 3.53. The number of phenolic OH excluding ortho intramolecular Hbond substituents is 1. The summed E-state index contributed by atoms with van der Waals surface area (Å²) in [6, 6.07) is 5.39. The lowest BCUT2D eigenvalue weighted by Gasteiger charge is -2.17. The van der Waals surface area contributed by atoms with Crippen molar-refractivity contribution >= 4 is 5.91 Å². The molecule has 2 unspecified atom stereocenters. The number of hydrogen-bond acceptors (Lipinski definition) is 4. The highest BCUT2D eigenvalue weighted by atomic mass is 16.5. The molecule has 0 aliphatic carbocycles. The molecule has 1 amide bonds. The maximum absolute atomic E-state index is 11.7. The van der Waals surface area contributed by atoms with Gasteiger partial charge in [0.15, 0.2) is 0 Å². The standard InChI is InChI=1S/C16H26N2O3/c1-5-11(2)18-16(20)8-9-17-12(3)14-7-6-13(21-4)10-15(14)19/h6-7,10-12,17,19H,5,8-9H2,1-4H3,(H,18,20). The highest BCUT2D eigenvalue weighted by molar-refractivity contribution is 5.76. The Morgan fingerprint density at radius 1 is 1.38 bits per heavy atom. The van der Waals surface area contributed by atoms with Crippen LogP contribution >= 0.6 is 0 Å². The number of rotatable bonds is 8. The monoisotopic (exact) mass is 294 g/mol. The van der Waals surface area contributed by atoms with E-state index in [0.29, 0.717) is 18.7 Å². The van der Waals surface area contributed by atoms with Crippen LogP contribution in [0.4, 0.5) is 0 Å². The second kappa shape index (κ2) is 8.52. The number of benzene rings is 1. The number of methoxy groups -OCH3 is 1. The number of nitrogens with one attached hydrogen (secondary N) is 2. The van der Waals surface area contributed by atoms with E-state index in [-0.39, 0.29) is 23.7 Å². The van der Waals surface area contributed by atoms with Gasteiger partial charge in [-0.25, -0.2) is 0 Å². The van der Waals surface area contributed by atoms with Crippen molar-refractivity contribution in [1.82, 2.24) is 10.6 Å². The van der Waals surface area contributed by atoms with Crippen LogP contribution in [0, 0.1) is 0 Å². The molecular formula is C16H26N2O3. The van der Waals surface area contributed by atoms with Crippen molar-refractivity contribution < 1.29 is 14.6 Å². The number of ether oxygens (including phenoxy) is 1. The summed E-state index contributed by atoms with van der Waals surface area (Å²) < 4.78 is 5.06. The van der Waals surface area contributed by atoms with E-state index in [9.17, 15) is 9.90 Å². The summed E-state index contributed by atoms with van der Waals surface area (Å²) in [6.45, 7) is 6.55. The summed E-state index contributed by atoms with van der Waals surface area (Å²) in [5, 5.41) is 16.1. The van der Waals surface area contributed by atoms with Crippen LogP contribution in [0.3, 0.4) is 0 Å². The predicted molar refractivity (Wildman–Crippen MR) is 83.6 cm³/mol. The average molecular weight is 294 g/mol. The summed E-state index contributed by atoms with van der Waals surface area (Å²) in [4.78, 5) is 11.7. The van der Waals surface area contributed by atoms with Crippen LogP contribution in [0.15, 0.2) is 18.2 Å². The number of phenols is 1. The second-order valence-corrected chi connectivity index (χ2v) is 5.23. The van der Waals surface area contributed by atoms with Gasteiger partial charge in [-0.05, 0) is 26.3 Å². The topological polar surface area (TPSA) is 70.6 Å². The Kier molecular flexibility index (Phi) is 7.02. The SMILES string of the molecule is CCC(C)NC(=O)CCNC(C)c1ccc(OC)cc1O. The molecule has 0 saturated carbocycles. The minimum Gasteiger partial charge on any atom is -0.507 e. The zero-order valence-electron chi connectivity index (χ0n) is 13.3. The summed E-state index contributed by atoms with van der Waals surface area (Å²) in [5.41, 5.74) is 0.790.